The van der Waals surface area contributed by atoms with E-state index >= 15 is 0 Å². The van der Waals surface area contributed by atoms with Gasteiger partial charge in [-0.2, -0.15) is 15.2 Å². The van der Waals surface area contributed by atoms with E-state index in [-0.39, 0.29) is 13.0 Å². The maximum absolute atomic E-state index is 13.8. The number of ether oxygens (including phenoxy) is 1. The Kier molecular flexibility index (Phi) is 8.02. The molecule has 2 fully saturated rings. The summed E-state index contributed by atoms with van der Waals surface area (Å²) >= 11 is 0. The number of aryl methyl sites for hydroxylation is 1. The van der Waals surface area contributed by atoms with Crippen molar-refractivity contribution < 1.29 is 13.9 Å². The number of halogens is 1. The van der Waals surface area contributed by atoms with E-state index in [4.69, 9.17) is 14.7 Å². The summed E-state index contributed by atoms with van der Waals surface area (Å²) in [7, 11) is 2.11. The highest BCUT2D eigenvalue weighted by Crippen LogP contribution is 2.35. The van der Waals surface area contributed by atoms with Gasteiger partial charge in [0.05, 0.1) is 24.0 Å². The molecule has 0 unspecified atom stereocenters. The Morgan fingerprint density at radius 1 is 1.14 bits per heavy atom. The number of nitrogens with zero attached hydrogens (tertiary/aromatic N) is 7. The number of fused-ring (bicyclic) bond motifs is 2. The van der Waals surface area contributed by atoms with Crippen LogP contribution in [0.15, 0.2) is 43.0 Å². The number of hydrogen-bond donors (Lipinski definition) is 0. The SMILES string of the molecule is C=C(F)C(=O)N1CCN(c2nc(OC[C@@H]3CCCN3C)nc3cc(-c4cncc5c4CCCC5)ccc23)C[C@@H]1CC#N. The van der Waals surface area contributed by atoms with Crippen molar-refractivity contribution in [2.75, 3.05) is 44.7 Å². The van der Waals surface area contributed by atoms with Gasteiger partial charge in [-0.15, -0.1) is 0 Å². The Morgan fingerprint density at radius 2 is 2.00 bits per heavy atom. The number of piperazine rings is 1. The molecule has 6 rings (SSSR count). The van der Waals surface area contributed by atoms with Gasteiger partial charge in [0.25, 0.3) is 5.91 Å². The fourth-order valence-corrected chi connectivity index (χ4v) is 6.58. The first-order valence-electron chi connectivity index (χ1n) is 14.8. The molecular weight excluding hydrogens is 533 g/mol. The maximum atomic E-state index is 13.8. The lowest BCUT2D eigenvalue weighted by Crippen LogP contribution is -2.55. The Hall–Kier alpha value is -4.10. The van der Waals surface area contributed by atoms with Crippen LogP contribution in [0.1, 0.15) is 43.2 Å². The summed E-state index contributed by atoms with van der Waals surface area (Å²) in [6.07, 6.45) is 10.7. The van der Waals surface area contributed by atoms with Crippen LogP contribution in [0.2, 0.25) is 0 Å². The van der Waals surface area contributed by atoms with Gasteiger partial charge >= 0.3 is 6.01 Å². The number of likely N-dealkylation sites (tertiary alicyclic amines) is 1. The van der Waals surface area contributed by atoms with Crippen molar-refractivity contribution in [1.29, 1.82) is 5.26 Å². The molecule has 2 aliphatic heterocycles. The summed E-state index contributed by atoms with van der Waals surface area (Å²) in [6.45, 7) is 5.73. The van der Waals surface area contributed by atoms with Crippen molar-refractivity contribution in [3.63, 3.8) is 0 Å². The zero-order chi connectivity index (χ0) is 29.2. The van der Waals surface area contributed by atoms with Crippen LogP contribution in [-0.2, 0) is 17.6 Å². The van der Waals surface area contributed by atoms with Crippen LogP contribution < -0.4 is 9.64 Å². The molecule has 1 aromatic carbocycles. The number of carbonyl (C=O) groups excluding carboxylic acids is 1. The number of hydrogen-bond acceptors (Lipinski definition) is 8. The first-order valence-corrected chi connectivity index (χ1v) is 14.8. The van der Waals surface area contributed by atoms with Gasteiger partial charge in [0.2, 0.25) is 0 Å². The molecule has 218 valence electrons. The molecule has 1 amide bonds. The Morgan fingerprint density at radius 3 is 2.79 bits per heavy atom. The van der Waals surface area contributed by atoms with Gasteiger partial charge in [0, 0.05) is 49.0 Å². The second kappa shape index (κ2) is 12.0. The van der Waals surface area contributed by atoms with E-state index in [1.54, 1.807) is 0 Å². The topological polar surface area (TPSA) is 98.5 Å². The number of benzene rings is 1. The fraction of sp³-hybridized carbons (Fsp3) is 0.469. The van der Waals surface area contributed by atoms with E-state index < -0.39 is 17.8 Å². The van der Waals surface area contributed by atoms with Crippen molar-refractivity contribution in [3.05, 3.63) is 54.1 Å². The molecule has 2 atom stereocenters. The molecule has 0 saturated carbocycles. The highest BCUT2D eigenvalue weighted by Gasteiger charge is 2.33. The molecule has 2 saturated heterocycles. The molecule has 0 N–H and O–H groups in total. The molecule has 4 heterocycles. The van der Waals surface area contributed by atoms with E-state index in [0.717, 1.165) is 54.3 Å². The molecule has 1 aliphatic carbocycles. The first-order chi connectivity index (χ1) is 20.4. The second-order valence-electron chi connectivity index (χ2n) is 11.5. The molecule has 42 heavy (non-hydrogen) atoms. The maximum Gasteiger partial charge on any atom is 0.319 e. The van der Waals surface area contributed by atoms with E-state index in [1.807, 2.05) is 18.5 Å². The zero-order valence-electron chi connectivity index (χ0n) is 24.1. The van der Waals surface area contributed by atoms with Crippen molar-refractivity contribution in [3.8, 4) is 23.2 Å². The lowest BCUT2D eigenvalue weighted by Gasteiger charge is -2.41. The predicted octanol–water partition coefficient (Wildman–Crippen LogP) is 4.46. The molecule has 0 radical (unpaired) electrons. The third kappa shape index (κ3) is 5.53. The number of pyridine rings is 1. The minimum absolute atomic E-state index is 0.0756. The standard InChI is InChI=1S/C32H36FN7O2/c1-21(33)31(41)40-15-14-39(19-24(40)11-12-34)30-27-10-9-22(28-18-35-17-23-6-3-4-8-26(23)28)16-29(27)36-32(37-30)42-20-25-7-5-13-38(25)2/h9-10,16-18,24-25H,1,3-8,11,13-15,19-20H2,2H3/t24-,25-/m0/s1. The number of carbonyl (C=O) groups is 1. The van der Waals surface area contributed by atoms with E-state index in [2.05, 4.69) is 46.6 Å². The minimum Gasteiger partial charge on any atom is -0.462 e. The van der Waals surface area contributed by atoms with Crippen LogP contribution >= 0.6 is 0 Å². The Bertz CT molecular complexity index is 1550. The molecule has 3 aliphatic rings. The molecule has 3 aromatic rings. The first kappa shape index (κ1) is 28.0. The van der Waals surface area contributed by atoms with E-state index in [0.29, 0.717) is 37.6 Å². The third-order valence-electron chi connectivity index (χ3n) is 8.92. The number of likely N-dealkylation sites (N-methyl/N-ethyl adjacent to an activating group) is 1. The molecule has 9 nitrogen and oxygen atoms in total. The van der Waals surface area contributed by atoms with E-state index in [9.17, 15) is 14.4 Å². The van der Waals surface area contributed by atoms with Crippen molar-refractivity contribution in [2.24, 2.45) is 0 Å². The number of anilines is 1. The molecular formula is C32H36FN7O2. The molecule has 0 spiro atoms. The smallest absolute Gasteiger partial charge is 0.319 e. The van der Waals surface area contributed by atoms with Crippen LogP contribution in [0.3, 0.4) is 0 Å². The predicted molar refractivity (Wildman–Crippen MR) is 159 cm³/mol. The summed E-state index contributed by atoms with van der Waals surface area (Å²) in [5, 5.41) is 10.3. The highest BCUT2D eigenvalue weighted by molar-refractivity contribution is 5.94. The van der Waals surface area contributed by atoms with Gasteiger partial charge in [0.15, 0.2) is 5.83 Å². The number of amides is 1. The second-order valence-corrected chi connectivity index (χ2v) is 11.5. The zero-order valence-corrected chi connectivity index (χ0v) is 24.1. The number of nitriles is 1. The fourth-order valence-electron chi connectivity index (χ4n) is 6.58. The lowest BCUT2D eigenvalue weighted by atomic mass is 9.87. The quantitative estimate of drug-likeness (QED) is 0.385. The molecule has 2 aromatic heterocycles. The van der Waals surface area contributed by atoms with Gasteiger partial charge in [-0.05, 0) is 80.9 Å². The average molecular weight is 570 g/mol. The van der Waals surface area contributed by atoms with Gasteiger partial charge in [-0.3, -0.25) is 9.78 Å². The van der Waals surface area contributed by atoms with Crippen LogP contribution in [-0.4, -0.2) is 82.6 Å². The van der Waals surface area contributed by atoms with Gasteiger partial charge in [-0.25, -0.2) is 4.39 Å². The summed E-state index contributed by atoms with van der Waals surface area (Å²) in [5.41, 5.74) is 5.63. The summed E-state index contributed by atoms with van der Waals surface area (Å²) in [4.78, 5) is 32.5. The summed E-state index contributed by atoms with van der Waals surface area (Å²) < 4.78 is 20.0. The van der Waals surface area contributed by atoms with Gasteiger partial charge in [0.1, 0.15) is 12.4 Å². The molecule has 10 heteroatoms. The van der Waals surface area contributed by atoms with Crippen molar-refractivity contribution in [2.45, 2.75) is 57.0 Å². The summed E-state index contributed by atoms with van der Waals surface area (Å²) in [6, 6.07) is 8.48. The Labute approximate surface area is 245 Å². The van der Waals surface area contributed by atoms with Crippen LogP contribution in [0.5, 0.6) is 6.01 Å². The third-order valence-corrected chi connectivity index (χ3v) is 8.92. The summed E-state index contributed by atoms with van der Waals surface area (Å²) in [5.74, 6) is -1.10. The highest BCUT2D eigenvalue weighted by atomic mass is 19.1. The van der Waals surface area contributed by atoms with Crippen molar-refractivity contribution in [1.82, 2.24) is 24.8 Å². The van der Waals surface area contributed by atoms with Gasteiger partial charge < -0.3 is 19.4 Å². The van der Waals surface area contributed by atoms with Gasteiger partial charge in [-0.1, -0.05) is 12.6 Å². The lowest BCUT2D eigenvalue weighted by molar-refractivity contribution is -0.131. The monoisotopic (exact) mass is 569 g/mol. The number of rotatable bonds is 7. The Balaban J connectivity index is 1.38. The van der Waals surface area contributed by atoms with Crippen LogP contribution in [0, 0.1) is 11.3 Å². The van der Waals surface area contributed by atoms with Crippen LogP contribution in [0.4, 0.5) is 10.2 Å². The van der Waals surface area contributed by atoms with E-state index in [1.165, 1.54) is 28.9 Å². The number of aromatic nitrogens is 3. The molecule has 0 bridgehead atoms. The van der Waals surface area contributed by atoms with Crippen LogP contribution in [0.25, 0.3) is 22.0 Å². The normalized spacial score (nSPS) is 20.8. The largest absolute Gasteiger partial charge is 0.462 e. The minimum atomic E-state index is -1.02. The average Bonchev–Trinajstić information content (AvgIpc) is 3.43. The van der Waals surface area contributed by atoms with Crippen molar-refractivity contribution >= 4 is 22.6 Å².